The maximum atomic E-state index is 13.9. The number of rotatable bonds is 5. The van der Waals surface area contributed by atoms with Gasteiger partial charge < -0.3 is 0 Å². The Morgan fingerprint density at radius 1 is 0.938 bits per heavy atom. The minimum Gasteiger partial charge on any atom is -0.238 e. The van der Waals surface area contributed by atoms with Gasteiger partial charge in [-0.1, -0.05) is 48.9 Å². The van der Waals surface area contributed by atoms with Crippen LogP contribution < -0.4 is 0 Å². The van der Waals surface area contributed by atoms with E-state index in [1.165, 1.54) is 10.9 Å². The first-order chi connectivity index (χ1) is 15.2. The average Bonchev–Trinajstić information content (AvgIpc) is 3.33. The van der Waals surface area contributed by atoms with Crippen molar-refractivity contribution in [2.24, 2.45) is 0 Å². The van der Waals surface area contributed by atoms with Gasteiger partial charge in [-0.3, -0.25) is 0 Å². The zero-order valence-electron chi connectivity index (χ0n) is 18.5. The Kier molecular flexibility index (Phi) is 5.67. The predicted molar refractivity (Wildman–Crippen MR) is 119 cm³/mol. The Balaban J connectivity index is 1.86. The van der Waals surface area contributed by atoms with Gasteiger partial charge in [-0.25, -0.2) is 9.36 Å². The summed E-state index contributed by atoms with van der Waals surface area (Å²) in [6.07, 6.45) is -2.14. The maximum absolute atomic E-state index is 13.9. The zero-order chi connectivity index (χ0) is 23.0. The molecule has 0 atom stereocenters. The molecule has 2 aromatic carbocycles. The van der Waals surface area contributed by atoms with Gasteiger partial charge in [-0.15, -0.1) is 0 Å². The lowest BCUT2D eigenvalue weighted by Crippen LogP contribution is -2.11. The van der Waals surface area contributed by atoms with Crippen molar-refractivity contribution in [3.8, 4) is 11.4 Å². The molecule has 7 heteroatoms. The van der Waals surface area contributed by atoms with Gasteiger partial charge in [0.25, 0.3) is 0 Å². The second-order valence-corrected chi connectivity index (χ2v) is 8.09. The first-order valence-corrected chi connectivity index (χ1v) is 10.5. The number of hydrogen-bond donors (Lipinski definition) is 0. The topological polar surface area (TPSA) is 35.6 Å². The van der Waals surface area contributed by atoms with Crippen molar-refractivity contribution < 1.29 is 13.2 Å². The lowest BCUT2D eigenvalue weighted by Gasteiger charge is -2.14. The molecule has 0 aliphatic heterocycles. The highest BCUT2D eigenvalue weighted by molar-refractivity contribution is 5.57. The molecule has 166 valence electrons. The van der Waals surface area contributed by atoms with Gasteiger partial charge in [0.05, 0.1) is 17.1 Å². The second kappa shape index (κ2) is 8.30. The number of nitrogens with zero attached hydrogens (tertiary/aromatic N) is 4. The van der Waals surface area contributed by atoms with Crippen molar-refractivity contribution in [2.45, 2.75) is 46.7 Å². The van der Waals surface area contributed by atoms with Gasteiger partial charge in [0, 0.05) is 23.9 Å². The quantitative estimate of drug-likeness (QED) is 0.374. The van der Waals surface area contributed by atoms with Gasteiger partial charge >= 0.3 is 6.18 Å². The molecule has 0 N–H and O–H groups in total. The van der Waals surface area contributed by atoms with E-state index < -0.39 is 11.9 Å². The number of para-hydroxylation sites is 1. The second-order valence-electron chi connectivity index (χ2n) is 8.09. The summed E-state index contributed by atoms with van der Waals surface area (Å²) in [5, 5.41) is 8.65. The lowest BCUT2D eigenvalue weighted by molar-refractivity contribution is -0.141. The third-order valence-electron chi connectivity index (χ3n) is 5.55. The van der Waals surface area contributed by atoms with Crippen LogP contribution in [0.3, 0.4) is 0 Å². The van der Waals surface area contributed by atoms with E-state index in [1.807, 2.05) is 70.2 Å². The Morgan fingerprint density at radius 2 is 1.66 bits per heavy atom. The average molecular weight is 438 g/mol. The van der Waals surface area contributed by atoms with Crippen LogP contribution in [0.25, 0.3) is 11.4 Å². The van der Waals surface area contributed by atoms with Gasteiger partial charge in [0.1, 0.15) is 0 Å². The van der Waals surface area contributed by atoms with Crippen LogP contribution in [0, 0.1) is 20.8 Å². The van der Waals surface area contributed by atoms with Crippen LogP contribution in [-0.4, -0.2) is 19.6 Å². The smallest absolute Gasteiger partial charge is 0.238 e. The summed E-state index contributed by atoms with van der Waals surface area (Å²) in [5.41, 5.74) is 5.17. The molecule has 4 nitrogen and oxygen atoms in total. The van der Waals surface area contributed by atoms with Crippen LogP contribution >= 0.6 is 0 Å². The molecule has 0 aliphatic rings. The number of hydrogen-bond acceptors (Lipinski definition) is 2. The van der Waals surface area contributed by atoms with Crippen molar-refractivity contribution in [1.29, 1.82) is 0 Å². The number of alkyl halides is 3. The number of aryl methyl sites for hydroxylation is 4. The molecule has 0 unspecified atom stereocenters. The van der Waals surface area contributed by atoms with Crippen LogP contribution in [0.4, 0.5) is 13.2 Å². The fraction of sp³-hybridized carbons (Fsp3) is 0.280. The van der Waals surface area contributed by atoms with E-state index in [0.717, 1.165) is 40.2 Å². The molecule has 0 saturated heterocycles. The van der Waals surface area contributed by atoms with Crippen molar-refractivity contribution in [2.75, 3.05) is 0 Å². The molecule has 0 amide bonds. The van der Waals surface area contributed by atoms with Crippen molar-refractivity contribution in [3.63, 3.8) is 0 Å². The molecule has 0 bridgehead atoms. The molecule has 2 heterocycles. The highest BCUT2D eigenvalue weighted by Crippen LogP contribution is 2.34. The van der Waals surface area contributed by atoms with Crippen LogP contribution in [0.1, 0.15) is 46.3 Å². The summed E-state index contributed by atoms with van der Waals surface area (Å²) in [6, 6.07) is 15.0. The standard InChI is InChI=1S/C25H25F3N4/c1-5-21-13-18(4)32(29-21)23-17(3)7-6-8-22(23)31-15-20(24(30-31)25(26,27)28)14-19-11-9-16(2)10-12-19/h6-13,15H,5,14H2,1-4H3. The Bertz CT molecular complexity index is 1250. The van der Waals surface area contributed by atoms with Gasteiger partial charge in [-0.2, -0.15) is 23.4 Å². The molecule has 4 rings (SSSR count). The van der Waals surface area contributed by atoms with Gasteiger partial charge in [0.2, 0.25) is 0 Å². The third kappa shape index (κ3) is 4.20. The SMILES string of the molecule is CCc1cc(C)n(-c2c(C)cccc2-n2cc(Cc3ccc(C)cc3)c(C(F)(F)F)n2)n1. The third-order valence-corrected chi connectivity index (χ3v) is 5.55. The molecule has 0 radical (unpaired) electrons. The molecular weight excluding hydrogens is 413 g/mol. The predicted octanol–water partition coefficient (Wildman–Crippen LogP) is 6.16. The minimum absolute atomic E-state index is 0.139. The van der Waals surface area contributed by atoms with Crippen LogP contribution in [0.2, 0.25) is 0 Å². The van der Waals surface area contributed by atoms with Crippen LogP contribution in [0.5, 0.6) is 0 Å². The van der Waals surface area contributed by atoms with E-state index in [1.54, 1.807) is 10.7 Å². The molecule has 0 fully saturated rings. The summed E-state index contributed by atoms with van der Waals surface area (Å²) in [6.45, 7) is 7.83. The van der Waals surface area contributed by atoms with Gasteiger partial charge in [-0.05, 0) is 50.5 Å². The molecular formula is C25H25F3N4. The summed E-state index contributed by atoms with van der Waals surface area (Å²) in [7, 11) is 0. The van der Waals surface area contributed by atoms with E-state index in [0.29, 0.717) is 5.69 Å². The Morgan fingerprint density at radius 3 is 2.28 bits per heavy atom. The summed E-state index contributed by atoms with van der Waals surface area (Å²) < 4.78 is 44.7. The Hall–Kier alpha value is -3.35. The van der Waals surface area contributed by atoms with E-state index in [4.69, 9.17) is 0 Å². The molecule has 0 saturated carbocycles. The summed E-state index contributed by atoms with van der Waals surface area (Å²) >= 11 is 0. The number of aromatic nitrogens is 4. The van der Waals surface area contributed by atoms with Gasteiger partial charge in [0.15, 0.2) is 5.69 Å². The summed E-state index contributed by atoms with van der Waals surface area (Å²) in [4.78, 5) is 0. The molecule has 0 aliphatic carbocycles. The van der Waals surface area contributed by atoms with E-state index in [9.17, 15) is 13.2 Å². The Labute approximate surface area is 185 Å². The van der Waals surface area contributed by atoms with Crippen molar-refractivity contribution in [1.82, 2.24) is 19.6 Å². The maximum Gasteiger partial charge on any atom is 0.435 e. The normalized spacial score (nSPS) is 11.8. The molecule has 32 heavy (non-hydrogen) atoms. The lowest BCUT2D eigenvalue weighted by atomic mass is 10.0. The van der Waals surface area contributed by atoms with Crippen molar-refractivity contribution >= 4 is 0 Å². The van der Waals surface area contributed by atoms with Crippen molar-refractivity contribution in [3.05, 3.63) is 94.1 Å². The van der Waals surface area contributed by atoms with Crippen LogP contribution in [-0.2, 0) is 19.0 Å². The number of benzene rings is 2. The minimum atomic E-state index is -4.55. The van der Waals surface area contributed by atoms with Crippen LogP contribution in [0.15, 0.2) is 54.7 Å². The van der Waals surface area contributed by atoms with E-state index in [-0.39, 0.29) is 12.0 Å². The number of halogens is 3. The van der Waals surface area contributed by atoms with E-state index >= 15 is 0 Å². The molecule has 0 spiro atoms. The monoisotopic (exact) mass is 438 g/mol. The molecule has 4 aromatic rings. The first kappa shape index (κ1) is 21.9. The zero-order valence-corrected chi connectivity index (χ0v) is 18.5. The highest BCUT2D eigenvalue weighted by atomic mass is 19.4. The fourth-order valence-electron chi connectivity index (χ4n) is 3.87. The first-order valence-electron chi connectivity index (χ1n) is 10.5. The summed E-state index contributed by atoms with van der Waals surface area (Å²) in [5.74, 6) is 0. The highest BCUT2D eigenvalue weighted by Gasteiger charge is 2.37. The van der Waals surface area contributed by atoms with E-state index in [2.05, 4.69) is 10.2 Å². The fourth-order valence-corrected chi connectivity index (χ4v) is 3.87. The largest absolute Gasteiger partial charge is 0.435 e. The molecule has 2 aromatic heterocycles.